The number of anilines is 3. The zero-order chi connectivity index (χ0) is 23.7. The van der Waals surface area contributed by atoms with Gasteiger partial charge in [0.05, 0.1) is 6.17 Å². The molecule has 0 spiro atoms. The third-order valence-corrected chi connectivity index (χ3v) is 7.76. The Bertz CT molecular complexity index is 594. The Morgan fingerprint density at radius 3 is 1.81 bits per heavy atom. The van der Waals surface area contributed by atoms with Gasteiger partial charge >= 0.3 is 8.80 Å². The van der Waals surface area contributed by atoms with Gasteiger partial charge in [0.1, 0.15) is 0 Å². The van der Waals surface area contributed by atoms with E-state index < -0.39 is 8.80 Å². The van der Waals surface area contributed by atoms with Crippen molar-refractivity contribution in [3.05, 3.63) is 0 Å². The maximum atomic E-state index is 5.94. The van der Waals surface area contributed by atoms with E-state index in [0.29, 0.717) is 43.8 Å². The summed E-state index contributed by atoms with van der Waals surface area (Å²) in [7, 11) is -2.85. The van der Waals surface area contributed by atoms with Crippen LogP contribution in [0.3, 0.4) is 0 Å². The molecule has 10 heteroatoms. The summed E-state index contributed by atoms with van der Waals surface area (Å²) < 4.78 is 17.8. The average Bonchev–Trinajstić information content (AvgIpc) is 2.78. The van der Waals surface area contributed by atoms with E-state index in [1.807, 2.05) is 27.7 Å². The van der Waals surface area contributed by atoms with Crippen molar-refractivity contribution in [1.82, 2.24) is 15.0 Å². The fourth-order valence-electron chi connectivity index (χ4n) is 3.43. The molecule has 0 aliphatic rings. The smallest absolute Gasteiger partial charge is 0.373 e. The van der Waals surface area contributed by atoms with Gasteiger partial charge in [0.15, 0.2) is 0 Å². The van der Waals surface area contributed by atoms with Gasteiger partial charge < -0.3 is 28.8 Å². The van der Waals surface area contributed by atoms with Gasteiger partial charge in [-0.2, -0.15) is 15.0 Å². The van der Waals surface area contributed by atoms with Crippen molar-refractivity contribution >= 4 is 26.6 Å². The van der Waals surface area contributed by atoms with Gasteiger partial charge in [0.25, 0.3) is 0 Å². The molecule has 0 aromatic carbocycles. The summed E-state index contributed by atoms with van der Waals surface area (Å²) in [6.07, 6.45) is 7.98. The van der Waals surface area contributed by atoms with Gasteiger partial charge in [-0.25, -0.2) is 0 Å². The van der Waals surface area contributed by atoms with Crippen LogP contribution < -0.4 is 15.5 Å². The van der Waals surface area contributed by atoms with Gasteiger partial charge in [0.2, 0.25) is 17.8 Å². The maximum Gasteiger partial charge on any atom is 0.521 e. The Kier molecular flexibility index (Phi) is 15.2. The fourth-order valence-corrected chi connectivity index (χ4v) is 5.68. The highest BCUT2D eigenvalue weighted by molar-refractivity contribution is 6.61. The lowest BCUT2D eigenvalue weighted by atomic mass is 10.1. The van der Waals surface area contributed by atoms with Gasteiger partial charge in [-0.3, -0.25) is 0 Å². The van der Waals surface area contributed by atoms with Crippen LogP contribution in [-0.2, 0) is 13.3 Å². The molecule has 1 heterocycles. The Balaban J connectivity index is 2.92. The zero-order valence-corrected chi connectivity index (χ0v) is 22.2. The minimum atomic E-state index is -2.85. The SMILES string of the molecule is CCCCCCCCN(CC)c1nc(NCC)nc(NC[Si](OCC)(OCC)OCC)n1. The van der Waals surface area contributed by atoms with E-state index in [0.717, 1.165) is 26.1 Å². The topological polar surface area (TPSA) is 93.7 Å². The lowest BCUT2D eigenvalue weighted by molar-refractivity contribution is 0.0740. The third-order valence-electron chi connectivity index (χ3n) is 4.96. The van der Waals surface area contributed by atoms with Crippen molar-refractivity contribution in [3.8, 4) is 0 Å². The Morgan fingerprint density at radius 1 is 0.719 bits per heavy atom. The molecule has 0 fully saturated rings. The van der Waals surface area contributed by atoms with E-state index in [2.05, 4.69) is 39.3 Å². The predicted octanol–water partition coefficient (Wildman–Crippen LogP) is 4.49. The van der Waals surface area contributed by atoms with Crippen molar-refractivity contribution in [3.63, 3.8) is 0 Å². The number of nitrogens with zero attached hydrogens (tertiary/aromatic N) is 4. The second kappa shape index (κ2) is 17.0. The molecular weight excluding hydrogens is 424 g/mol. The van der Waals surface area contributed by atoms with Gasteiger partial charge in [-0.1, -0.05) is 39.0 Å². The molecule has 0 bridgehead atoms. The van der Waals surface area contributed by atoms with Gasteiger partial charge in [0, 0.05) is 39.5 Å². The van der Waals surface area contributed by atoms with E-state index in [1.54, 1.807) is 0 Å². The van der Waals surface area contributed by atoms with E-state index in [-0.39, 0.29) is 0 Å². The summed E-state index contributed by atoms with van der Waals surface area (Å²) in [5.74, 6) is 1.76. The second-order valence-electron chi connectivity index (χ2n) is 7.50. The minimum Gasteiger partial charge on any atom is -0.373 e. The van der Waals surface area contributed by atoms with Crippen molar-refractivity contribution in [2.24, 2.45) is 0 Å². The summed E-state index contributed by atoms with van der Waals surface area (Å²) in [4.78, 5) is 16.1. The summed E-state index contributed by atoms with van der Waals surface area (Å²) >= 11 is 0. The van der Waals surface area contributed by atoms with Crippen LogP contribution in [0.4, 0.5) is 17.8 Å². The van der Waals surface area contributed by atoms with E-state index >= 15 is 0 Å². The number of hydrogen-bond acceptors (Lipinski definition) is 9. The number of rotatable bonds is 20. The molecular formula is C22H46N6O3Si. The molecule has 9 nitrogen and oxygen atoms in total. The number of hydrogen-bond donors (Lipinski definition) is 2. The highest BCUT2D eigenvalue weighted by Crippen LogP contribution is 2.17. The Labute approximate surface area is 196 Å². The quantitative estimate of drug-likeness (QED) is 0.211. The first-order valence-electron chi connectivity index (χ1n) is 12.5. The predicted molar refractivity (Wildman–Crippen MR) is 134 cm³/mol. The van der Waals surface area contributed by atoms with E-state index in [1.165, 1.54) is 32.1 Å². The van der Waals surface area contributed by atoms with Crippen LogP contribution in [0.1, 0.15) is 80.1 Å². The highest BCUT2D eigenvalue weighted by atomic mass is 28.4. The Morgan fingerprint density at radius 2 is 1.28 bits per heavy atom. The largest absolute Gasteiger partial charge is 0.521 e. The molecule has 0 amide bonds. The molecule has 0 radical (unpaired) electrons. The molecule has 1 rings (SSSR count). The third kappa shape index (κ3) is 10.4. The minimum absolute atomic E-state index is 0.404. The second-order valence-corrected chi connectivity index (χ2v) is 10.1. The van der Waals surface area contributed by atoms with E-state index in [4.69, 9.17) is 18.3 Å². The summed E-state index contributed by atoms with van der Waals surface area (Å²) in [6.45, 7) is 16.4. The lowest BCUT2D eigenvalue weighted by Gasteiger charge is -2.28. The molecule has 1 aromatic rings. The monoisotopic (exact) mass is 470 g/mol. The Hall–Kier alpha value is -1.49. The van der Waals surface area contributed by atoms with Crippen LogP contribution in [-0.4, -0.2) is 69.4 Å². The van der Waals surface area contributed by atoms with Crippen LogP contribution in [0.5, 0.6) is 0 Å². The molecule has 0 unspecified atom stereocenters. The lowest BCUT2D eigenvalue weighted by Crippen LogP contribution is -2.52. The molecule has 0 saturated carbocycles. The van der Waals surface area contributed by atoms with Crippen LogP contribution >= 0.6 is 0 Å². The molecule has 1 aromatic heterocycles. The first-order chi connectivity index (χ1) is 15.6. The molecule has 0 aliphatic heterocycles. The molecule has 186 valence electrons. The summed E-state index contributed by atoms with van der Waals surface area (Å²) in [5, 5.41) is 6.53. The normalized spacial score (nSPS) is 11.6. The standard InChI is InChI=1S/C22H46N6O3Si/c1-7-13-14-15-16-17-18-28(9-3)22-26-20(23-8-2)25-21(27-22)24-19-32(29-10-4,30-11-5)31-12-6/h7-19H2,1-6H3,(H2,23,24,25,26,27). The zero-order valence-electron chi connectivity index (χ0n) is 21.2. The van der Waals surface area contributed by atoms with Gasteiger partial charge in [-0.15, -0.1) is 0 Å². The van der Waals surface area contributed by atoms with Crippen LogP contribution in [0.25, 0.3) is 0 Å². The number of aromatic nitrogens is 3. The number of unbranched alkanes of at least 4 members (excludes halogenated alkanes) is 5. The molecule has 32 heavy (non-hydrogen) atoms. The first kappa shape index (κ1) is 28.5. The molecule has 0 saturated heterocycles. The van der Waals surface area contributed by atoms with Crippen molar-refractivity contribution in [2.75, 3.05) is 61.2 Å². The molecule has 2 N–H and O–H groups in total. The van der Waals surface area contributed by atoms with E-state index in [9.17, 15) is 0 Å². The highest BCUT2D eigenvalue weighted by Gasteiger charge is 2.40. The van der Waals surface area contributed by atoms with Crippen molar-refractivity contribution < 1.29 is 13.3 Å². The molecule has 0 atom stereocenters. The average molecular weight is 471 g/mol. The van der Waals surface area contributed by atoms with Crippen molar-refractivity contribution in [2.45, 2.75) is 80.1 Å². The van der Waals surface area contributed by atoms with Crippen molar-refractivity contribution in [1.29, 1.82) is 0 Å². The maximum absolute atomic E-state index is 5.94. The summed E-state index contributed by atoms with van der Waals surface area (Å²) in [6, 6.07) is 0. The van der Waals surface area contributed by atoms with Gasteiger partial charge in [-0.05, 0) is 41.0 Å². The molecule has 0 aliphatic carbocycles. The fraction of sp³-hybridized carbons (Fsp3) is 0.864. The van der Waals surface area contributed by atoms with Crippen LogP contribution in [0.2, 0.25) is 0 Å². The summed E-state index contributed by atoms with van der Waals surface area (Å²) in [5.41, 5.74) is 0. The first-order valence-corrected chi connectivity index (χ1v) is 14.4. The van der Waals surface area contributed by atoms with Crippen LogP contribution in [0.15, 0.2) is 0 Å². The number of nitrogens with one attached hydrogen (secondary N) is 2. The van der Waals surface area contributed by atoms with Crippen LogP contribution in [0, 0.1) is 0 Å².